The van der Waals surface area contributed by atoms with Gasteiger partial charge in [-0.1, -0.05) is 15.9 Å². The molecule has 0 bridgehead atoms. The molecule has 0 saturated carbocycles. The standard InChI is InChI=1S/C12H14BrN3O2S/c1-8-4-10(13)5-9(2)12(8)15-19(17,18)11-6-14-16(3)7-11/h4-7,15H,1-3H3. The van der Waals surface area contributed by atoms with Gasteiger partial charge in [0.05, 0.1) is 11.9 Å². The minimum Gasteiger partial charge on any atom is -0.279 e. The van der Waals surface area contributed by atoms with Crippen LogP contribution in [0, 0.1) is 13.8 Å². The third-order valence-corrected chi connectivity index (χ3v) is 4.49. The van der Waals surface area contributed by atoms with Gasteiger partial charge >= 0.3 is 0 Å². The average Bonchev–Trinajstić information content (AvgIpc) is 2.71. The molecule has 0 aliphatic heterocycles. The zero-order chi connectivity index (χ0) is 14.2. The molecule has 5 nitrogen and oxygen atoms in total. The van der Waals surface area contributed by atoms with Crippen molar-refractivity contribution in [1.29, 1.82) is 0 Å². The third-order valence-electron chi connectivity index (χ3n) is 2.73. The molecule has 1 heterocycles. The number of benzene rings is 1. The van der Waals surface area contributed by atoms with E-state index in [1.807, 2.05) is 26.0 Å². The van der Waals surface area contributed by atoms with Crippen LogP contribution < -0.4 is 4.72 Å². The highest BCUT2D eigenvalue weighted by molar-refractivity contribution is 9.10. The molecular weight excluding hydrogens is 330 g/mol. The fourth-order valence-corrected chi connectivity index (χ4v) is 3.68. The number of anilines is 1. The summed E-state index contributed by atoms with van der Waals surface area (Å²) in [5.74, 6) is 0. The largest absolute Gasteiger partial charge is 0.279 e. The molecule has 0 amide bonds. The van der Waals surface area contributed by atoms with Crippen LogP contribution in [0.5, 0.6) is 0 Å². The predicted octanol–water partition coefficient (Wildman–Crippen LogP) is 2.60. The smallest absolute Gasteiger partial charge is 0.265 e. The molecule has 102 valence electrons. The van der Waals surface area contributed by atoms with Gasteiger partial charge in [-0.2, -0.15) is 5.10 Å². The molecule has 0 aliphatic rings. The second-order valence-corrected chi connectivity index (χ2v) is 6.97. The quantitative estimate of drug-likeness (QED) is 0.931. The number of halogens is 1. The van der Waals surface area contributed by atoms with E-state index >= 15 is 0 Å². The lowest BCUT2D eigenvalue weighted by molar-refractivity contribution is 0.601. The van der Waals surface area contributed by atoms with E-state index < -0.39 is 10.0 Å². The Labute approximate surface area is 120 Å². The van der Waals surface area contributed by atoms with Crippen molar-refractivity contribution in [3.63, 3.8) is 0 Å². The molecule has 0 radical (unpaired) electrons. The van der Waals surface area contributed by atoms with Crippen molar-refractivity contribution >= 4 is 31.6 Å². The van der Waals surface area contributed by atoms with E-state index in [0.717, 1.165) is 15.6 Å². The fraction of sp³-hybridized carbons (Fsp3) is 0.250. The van der Waals surface area contributed by atoms with Crippen LogP contribution >= 0.6 is 15.9 Å². The second-order valence-electron chi connectivity index (χ2n) is 4.37. The molecule has 7 heteroatoms. The molecule has 0 unspecified atom stereocenters. The van der Waals surface area contributed by atoms with Crippen LogP contribution in [-0.2, 0) is 17.1 Å². The van der Waals surface area contributed by atoms with E-state index in [4.69, 9.17) is 0 Å². The van der Waals surface area contributed by atoms with E-state index in [1.54, 1.807) is 7.05 Å². The van der Waals surface area contributed by atoms with Crippen LogP contribution in [0.25, 0.3) is 0 Å². The van der Waals surface area contributed by atoms with E-state index in [1.165, 1.54) is 17.1 Å². The molecule has 1 aromatic heterocycles. The molecule has 0 saturated heterocycles. The van der Waals surface area contributed by atoms with Crippen LogP contribution in [0.1, 0.15) is 11.1 Å². The number of nitrogens with one attached hydrogen (secondary N) is 1. The van der Waals surface area contributed by atoms with Crippen LogP contribution in [0.15, 0.2) is 33.9 Å². The van der Waals surface area contributed by atoms with E-state index in [-0.39, 0.29) is 4.90 Å². The molecular formula is C12H14BrN3O2S. The van der Waals surface area contributed by atoms with Crippen molar-refractivity contribution in [2.45, 2.75) is 18.7 Å². The zero-order valence-electron chi connectivity index (χ0n) is 10.8. The monoisotopic (exact) mass is 343 g/mol. The van der Waals surface area contributed by atoms with Crippen molar-refractivity contribution in [2.75, 3.05) is 4.72 Å². The summed E-state index contributed by atoms with van der Waals surface area (Å²) in [5, 5.41) is 3.87. The molecule has 1 N–H and O–H groups in total. The maximum absolute atomic E-state index is 12.2. The van der Waals surface area contributed by atoms with Gasteiger partial charge in [-0.05, 0) is 37.1 Å². The second kappa shape index (κ2) is 4.97. The van der Waals surface area contributed by atoms with E-state index in [2.05, 4.69) is 25.8 Å². The summed E-state index contributed by atoms with van der Waals surface area (Å²) in [5.41, 5.74) is 2.32. The lowest BCUT2D eigenvalue weighted by Crippen LogP contribution is -2.14. The SMILES string of the molecule is Cc1cc(Br)cc(C)c1NS(=O)(=O)c1cnn(C)c1. The van der Waals surface area contributed by atoms with Gasteiger partial charge in [0.1, 0.15) is 4.90 Å². The Morgan fingerprint density at radius 3 is 2.32 bits per heavy atom. The van der Waals surface area contributed by atoms with Gasteiger partial charge in [0, 0.05) is 17.7 Å². The van der Waals surface area contributed by atoms with E-state index in [0.29, 0.717) is 5.69 Å². The first-order valence-electron chi connectivity index (χ1n) is 5.58. The summed E-state index contributed by atoms with van der Waals surface area (Å²) in [6.45, 7) is 3.72. The van der Waals surface area contributed by atoms with Crippen molar-refractivity contribution in [3.05, 3.63) is 40.1 Å². The minimum atomic E-state index is -3.60. The highest BCUT2D eigenvalue weighted by Gasteiger charge is 2.18. The third kappa shape index (κ3) is 2.98. The highest BCUT2D eigenvalue weighted by atomic mass is 79.9. The summed E-state index contributed by atoms with van der Waals surface area (Å²) in [6.07, 6.45) is 2.79. The number of sulfonamides is 1. The molecule has 2 rings (SSSR count). The van der Waals surface area contributed by atoms with Gasteiger partial charge in [-0.3, -0.25) is 9.40 Å². The predicted molar refractivity (Wildman–Crippen MR) is 77.6 cm³/mol. The molecule has 0 aliphatic carbocycles. The Balaban J connectivity index is 2.41. The summed E-state index contributed by atoms with van der Waals surface area (Å²) in [7, 11) is -1.92. The lowest BCUT2D eigenvalue weighted by Gasteiger charge is -2.12. The Morgan fingerprint density at radius 1 is 1.26 bits per heavy atom. The van der Waals surface area contributed by atoms with E-state index in [9.17, 15) is 8.42 Å². The van der Waals surface area contributed by atoms with Crippen LogP contribution in [0.3, 0.4) is 0 Å². The van der Waals surface area contributed by atoms with Crippen molar-refractivity contribution in [3.8, 4) is 0 Å². The van der Waals surface area contributed by atoms with Crippen molar-refractivity contribution in [2.24, 2.45) is 7.05 Å². The van der Waals surface area contributed by atoms with Gasteiger partial charge in [0.15, 0.2) is 0 Å². The number of nitrogens with zero attached hydrogens (tertiary/aromatic N) is 2. The zero-order valence-corrected chi connectivity index (χ0v) is 13.2. The number of hydrogen-bond acceptors (Lipinski definition) is 3. The lowest BCUT2D eigenvalue weighted by atomic mass is 10.1. The molecule has 1 aromatic carbocycles. The van der Waals surface area contributed by atoms with Gasteiger partial charge in [0.2, 0.25) is 0 Å². The summed E-state index contributed by atoms with van der Waals surface area (Å²) in [6, 6.07) is 3.74. The Kier molecular flexibility index (Phi) is 3.69. The topological polar surface area (TPSA) is 64.0 Å². The maximum atomic E-state index is 12.2. The summed E-state index contributed by atoms with van der Waals surface area (Å²) >= 11 is 3.38. The summed E-state index contributed by atoms with van der Waals surface area (Å²) < 4.78 is 29.4. The normalized spacial score (nSPS) is 11.6. The molecule has 0 spiro atoms. The average molecular weight is 344 g/mol. The van der Waals surface area contributed by atoms with Gasteiger partial charge < -0.3 is 0 Å². The first-order chi connectivity index (χ1) is 8.79. The molecule has 0 atom stereocenters. The van der Waals surface area contributed by atoms with Crippen molar-refractivity contribution in [1.82, 2.24) is 9.78 Å². The van der Waals surface area contributed by atoms with Gasteiger partial charge in [-0.25, -0.2) is 8.42 Å². The Hall–Kier alpha value is -1.34. The number of hydrogen-bond donors (Lipinski definition) is 1. The first-order valence-corrected chi connectivity index (χ1v) is 7.85. The van der Waals surface area contributed by atoms with Crippen LogP contribution in [0.2, 0.25) is 0 Å². The van der Waals surface area contributed by atoms with Crippen molar-refractivity contribution < 1.29 is 8.42 Å². The molecule has 0 fully saturated rings. The fourth-order valence-electron chi connectivity index (χ4n) is 1.80. The Morgan fingerprint density at radius 2 is 1.84 bits per heavy atom. The summed E-state index contributed by atoms with van der Waals surface area (Å²) in [4.78, 5) is 0.150. The number of aryl methyl sites for hydroxylation is 3. The highest BCUT2D eigenvalue weighted by Crippen LogP contribution is 2.27. The minimum absolute atomic E-state index is 0.150. The Bertz CT molecular complexity index is 699. The van der Waals surface area contributed by atoms with Crippen LogP contribution in [0.4, 0.5) is 5.69 Å². The van der Waals surface area contributed by atoms with Gasteiger partial charge in [0.25, 0.3) is 10.0 Å². The van der Waals surface area contributed by atoms with Gasteiger partial charge in [-0.15, -0.1) is 0 Å². The molecule has 2 aromatic rings. The maximum Gasteiger partial charge on any atom is 0.265 e. The number of aromatic nitrogens is 2. The number of rotatable bonds is 3. The van der Waals surface area contributed by atoms with Crippen LogP contribution in [-0.4, -0.2) is 18.2 Å². The molecule has 19 heavy (non-hydrogen) atoms. The first kappa shape index (κ1) is 14.1.